The zero-order valence-electron chi connectivity index (χ0n) is 12.9. The Labute approximate surface area is 137 Å². The van der Waals surface area contributed by atoms with Crippen LogP contribution in [0.4, 0.5) is 13.2 Å². The van der Waals surface area contributed by atoms with Crippen molar-refractivity contribution in [2.75, 3.05) is 0 Å². The number of carboxylic acid groups (broad SMARTS) is 1. The third kappa shape index (κ3) is 2.87. The first-order valence-electron chi connectivity index (χ1n) is 7.95. The van der Waals surface area contributed by atoms with Crippen LogP contribution in [0.1, 0.15) is 43.2 Å². The van der Waals surface area contributed by atoms with Gasteiger partial charge in [0.25, 0.3) is 0 Å². The molecule has 0 unspecified atom stereocenters. The highest BCUT2D eigenvalue weighted by atomic mass is 19.4. The summed E-state index contributed by atoms with van der Waals surface area (Å²) in [7, 11) is 0. The molecule has 1 amide bonds. The molecule has 0 saturated heterocycles. The van der Waals surface area contributed by atoms with Crippen LogP contribution in [0.15, 0.2) is 24.3 Å². The smallest absolute Gasteiger partial charge is 0.416 e. The first-order valence-corrected chi connectivity index (χ1v) is 7.95. The summed E-state index contributed by atoms with van der Waals surface area (Å²) in [5.41, 5.74) is -0.752. The topological polar surface area (TPSA) is 66.4 Å². The molecule has 2 saturated carbocycles. The molecule has 2 aliphatic carbocycles. The molecule has 2 atom stereocenters. The van der Waals surface area contributed by atoms with Gasteiger partial charge in [-0.15, -0.1) is 0 Å². The predicted molar refractivity (Wildman–Crippen MR) is 79.0 cm³/mol. The maximum atomic E-state index is 12.7. The summed E-state index contributed by atoms with van der Waals surface area (Å²) in [4.78, 5) is 23.5. The number of rotatable bonds is 4. The number of aliphatic carboxylic acids is 1. The molecule has 7 heteroatoms. The largest absolute Gasteiger partial charge is 0.481 e. The van der Waals surface area contributed by atoms with E-state index in [9.17, 15) is 22.8 Å². The number of hydrogen-bond acceptors (Lipinski definition) is 2. The Morgan fingerprint density at radius 2 is 1.67 bits per heavy atom. The van der Waals surface area contributed by atoms with Crippen molar-refractivity contribution < 1.29 is 27.9 Å². The Morgan fingerprint density at radius 3 is 2.04 bits per heavy atom. The average Bonchev–Trinajstić information content (AvgIpc) is 2.40. The van der Waals surface area contributed by atoms with E-state index >= 15 is 0 Å². The van der Waals surface area contributed by atoms with Crippen LogP contribution >= 0.6 is 0 Å². The minimum Gasteiger partial charge on any atom is -0.481 e. The summed E-state index contributed by atoms with van der Waals surface area (Å²) in [6, 6.07) is 4.84. The van der Waals surface area contributed by atoms with E-state index in [0.717, 1.165) is 18.6 Å². The maximum Gasteiger partial charge on any atom is 0.416 e. The molecule has 0 aromatic heterocycles. The van der Waals surface area contributed by atoms with E-state index in [1.165, 1.54) is 12.1 Å². The van der Waals surface area contributed by atoms with Crippen molar-refractivity contribution in [3.8, 4) is 0 Å². The van der Waals surface area contributed by atoms with Crippen LogP contribution in [-0.2, 0) is 21.3 Å². The molecule has 4 nitrogen and oxygen atoms in total. The molecule has 3 rings (SSSR count). The van der Waals surface area contributed by atoms with E-state index in [-0.39, 0.29) is 5.91 Å². The number of amides is 1. The summed E-state index contributed by atoms with van der Waals surface area (Å²) in [6.45, 7) is 0. The molecule has 1 aromatic rings. The lowest BCUT2D eigenvalue weighted by Crippen LogP contribution is -2.55. The summed E-state index contributed by atoms with van der Waals surface area (Å²) < 4.78 is 38.0. The van der Waals surface area contributed by atoms with E-state index in [1.807, 2.05) is 0 Å². The molecule has 130 valence electrons. The summed E-state index contributed by atoms with van der Waals surface area (Å²) >= 11 is 0. The van der Waals surface area contributed by atoms with Crippen molar-refractivity contribution in [3.63, 3.8) is 0 Å². The van der Waals surface area contributed by atoms with Crippen LogP contribution in [0, 0.1) is 11.8 Å². The highest BCUT2D eigenvalue weighted by Gasteiger charge is 2.46. The second-order valence-corrected chi connectivity index (χ2v) is 6.63. The van der Waals surface area contributed by atoms with Crippen molar-refractivity contribution in [1.82, 2.24) is 5.32 Å². The number of carbonyl (C=O) groups is 2. The van der Waals surface area contributed by atoms with Crippen LogP contribution in [0.2, 0.25) is 0 Å². The molecule has 1 aromatic carbocycles. The third-order valence-electron chi connectivity index (χ3n) is 5.26. The van der Waals surface area contributed by atoms with Gasteiger partial charge in [0.2, 0.25) is 5.91 Å². The number of benzene rings is 1. The van der Waals surface area contributed by atoms with Crippen LogP contribution < -0.4 is 5.32 Å². The number of halogens is 3. The second kappa shape index (κ2) is 5.79. The van der Waals surface area contributed by atoms with E-state index in [4.69, 9.17) is 5.11 Å². The van der Waals surface area contributed by atoms with Gasteiger partial charge in [-0.2, -0.15) is 13.2 Å². The van der Waals surface area contributed by atoms with Gasteiger partial charge >= 0.3 is 12.1 Å². The highest BCUT2D eigenvalue weighted by Crippen LogP contribution is 2.44. The first-order chi connectivity index (χ1) is 11.2. The fourth-order valence-electron chi connectivity index (χ4n) is 3.43. The van der Waals surface area contributed by atoms with Gasteiger partial charge in [0.15, 0.2) is 0 Å². The molecule has 0 spiro atoms. The Hall–Kier alpha value is -2.05. The van der Waals surface area contributed by atoms with Crippen molar-refractivity contribution >= 4 is 11.9 Å². The number of nitrogens with one attached hydrogen (secondary N) is 1. The van der Waals surface area contributed by atoms with Crippen LogP contribution in [0.25, 0.3) is 0 Å². The number of alkyl halides is 3. The standard InChI is InChI=1S/C17H18F3NO3/c18-17(19,20)11-4-2-10(3-5-11)16(8-1-9-16)21-14(22)12-6-7-13(12)15(23)24/h2-5,12-13H,1,6-9H2,(H,21,22)(H,23,24)/t12-,13+/m0/s1. The molecule has 2 N–H and O–H groups in total. The van der Waals surface area contributed by atoms with Crippen LogP contribution in [0.3, 0.4) is 0 Å². The number of carbonyl (C=O) groups excluding carboxylic acids is 1. The minimum atomic E-state index is -4.39. The normalized spacial score (nSPS) is 25.3. The van der Waals surface area contributed by atoms with Gasteiger partial charge in [-0.05, 0) is 49.8 Å². The van der Waals surface area contributed by atoms with Gasteiger partial charge in [-0.25, -0.2) is 0 Å². The monoisotopic (exact) mass is 341 g/mol. The van der Waals surface area contributed by atoms with E-state index < -0.39 is 35.1 Å². The third-order valence-corrected chi connectivity index (χ3v) is 5.26. The van der Waals surface area contributed by atoms with Crippen LogP contribution in [0.5, 0.6) is 0 Å². The molecule has 2 aliphatic rings. The molecular formula is C17H18F3NO3. The van der Waals surface area contributed by atoms with Gasteiger partial charge in [-0.3, -0.25) is 9.59 Å². The predicted octanol–water partition coefficient (Wildman–Crippen LogP) is 3.31. The summed E-state index contributed by atoms with van der Waals surface area (Å²) in [5.74, 6) is -2.49. The molecule has 2 fully saturated rings. The van der Waals surface area contributed by atoms with Crippen molar-refractivity contribution in [3.05, 3.63) is 35.4 Å². The van der Waals surface area contributed by atoms with E-state index in [2.05, 4.69) is 5.32 Å². The fourth-order valence-corrected chi connectivity index (χ4v) is 3.43. The number of hydrogen-bond donors (Lipinski definition) is 2. The Kier molecular flexibility index (Phi) is 4.05. The van der Waals surface area contributed by atoms with Gasteiger partial charge in [0.1, 0.15) is 0 Å². The van der Waals surface area contributed by atoms with Crippen molar-refractivity contribution in [2.45, 2.75) is 43.8 Å². The average molecular weight is 341 g/mol. The van der Waals surface area contributed by atoms with Crippen molar-refractivity contribution in [2.24, 2.45) is 11.8 Å². The van der Waals surface area contributed by atoms with Crippen molar-refractivity contribution in [1.29, 1.82) is 0 Å². The minimum absolute atomic E-state index is 0.312. The molecule has 24 heavy (non-hydrogen) atoms. The molecule has 0 radical (unpaired) electrons. The second-order valence-electron chi connectivity index (χ2n) is 6.63. The first kappa shape index (κ1) is 16.8. The van der Waals surface area contributed by atoms with Crippen LogP contribution in [-0.4, -0.2) is 17.0 Å². The summed E-state index contributed by atoms with van der Waals surface area (Å²) in [5, 5.41) is 12.0. The fraction of sp³-hybridized carbons (Fsp3) is 0.529. The highest BCUT2D eigenvalue weighted by molar-refractivity contribution is 5.87. The SMILES string of the molecule is O=C(NC1(c2ccc(C(F)(F)F)cc2)CCC1)[C@H]1CC[C@H]1C(=O)O. The lowest BCUT2D eigenvalue weighted by Gasteiger charge is -2.45. The molecule has 0 aliphatic heterocycles. The Balaban J connectivity index is 1.75. The number of carboxylic acids is 1. The molecule has 0 heterocycles. The summed E-state index contributed by atoms with van der Waals surface area (Å²) in [6.07, 6.45) is -1.21. The lowest BCUT2D eigenvalue weighted by molar-refractivity contribution is -0.153. The van der Waals surface area contributed by atoms with Gasteiger partial charge < -0.3 is 10.4 Å². The van der Waals surface area contributed by atoms with Gasteiger partial charge in [0.05, 0.1) is 22.9 Å². The van der Waals surface area contributed by atoms with Gasteiger partial charge in [-0.1, -0.05) is 12.1 Å². The quantitative estimate of drug-likeness (QED) is 0.883. The van der Waals surface area contributed by atoms with E-state index in [0.29, 0.717) is 31.2 Å². The molecule has 0 bridgehead atoms. The zero-order chi connectivity index (χ0) is 17.5. The lowest BCUT2D eigenvalue weighted by atomic mass is 9.69. The molecular weight excluding hydrogens is 323 g/mol. The Bertz CT molecular complexity index is 650. The van der Waals surface area contributed by atoms with E-state index in [1.54, 1.807) is 0 Å². The zero-order valence-corrected chi connectivity index (χ0v) is 12.9. The Morgan fingerprint density at radius 1 is 1.08 bits per heavy atom. The van der Waals surface area contributed by atoms with Gasteiger partial charge in [0, 0.05) is 0 Å². The maximum absolute atomic E-state index is 12.7.